The third-order valence-corrected chi connectivity index (χ3v) is 6.35. The van der Waals surface area contributed by atoms with Crippen LogP contribution in [0.5, 0.6) is 0 Å². The van der Waals surface area contributed by atoms with Crippen LogP contribution >= 0.6 is 0 Å². The number of nitriles is 1. The molecule has 1 aromatic heterocycles. The monoisotopic (exact) mass is 292 g/mol. The number of hydrogen-bond acceptors (Lipinski definition) is 4. The molecular formula is C13H16N4O2S. The van der Waals surface area contributed by atoms with E-state index < -0.39 is 15.6 Å². The van der Waals surface area contributed by atoms with E-state index in [-0.39, 0.29) is 11.7 Å². The van der Waals surface area contributed by atoms with E-state index in [1.54, 1.807) is 0 Å². The van der Waals surface area contributed by atoms with Gasteiger partial charge in [-0.1, -0.05) is 0 Å². The first-order valence-electron chi connectivity index (χ1n) is 6.53. The second-order valence-corrected chi connectivity index (χ2v) is 7.72. The van der Waals surface area contributed by atoms with Crippen LogP contribution in [-0.2, 0) is 15.6 Å². The average molecular weight is 292 g/mol. The summed E-state index contributed by atoms with van der Waals surface area (Å²) in [6.45, 7) is 4.20. The normalized spacial score (nSPS) is 21.9. The third kappa shape index (κ3) is 1.96. The summed E-state index contributed by atoms with van der Waals surface area (Å²) >= 11 is 0. The van der Waals surface area contributed by atoms with Gasteiger partial charge in [-0.05, 0) is 25.6 Å². The van der Waals surface area contributed by atoms with Gasteiger partial charge in [0.1, 0.15) is 0 Å². The summed E-state index contributed by atoms with van der Waals surface area (Å²) in [5, 5.41) is 8.84. The van der Waals surface area contributed by atoms with Crippen LogP contribution in [0.15, 0.2) is 23.5 Å². The Kier molecular flexibility index (Phi) is 2.96. The molecule has 0 unspecified atom stereocenters. The van der Waals surface area contributed by atoms with Gasteiger partial charge in [0.15, 0.2) is 0 Å². The summed E-state index contributed by atoms with van der Waals surface area (Å²) in [7, 11) is -3.15. The van der Waals surface area contributed by atoms with Crippen molar-refractivity contribution in [3.63, 3.8) is 0 Å². The number of hydrogen-bond donors (Lipinski definition) is 0. The van der Waals surface area contributed by atoms with E-state index in [1.807, 2.05) is 23.0 Å². The zero-order chi connectivity index (χ0) is 14.4. The molecule has 6 nitrogen and oxygen atoms in total. The molecule has 0 N–H and O–H groups in total. The van der Waals surface area contributed by atoms with Crippen LogP contribution in [0.25, 0.3) is 0 Å². The molecule has 7 heteroatoms. The Hall–Kier alpha value is -1.65. The van der Waals surface area contributed by atoms with E-state index in [0.717, 1.165) is 18.5 Å². The summed E-state index contributed by atoms with van der Waals surface area (Å²) in [6, 6.07) is 3.97. The van der Waals surface area contributed by atoms with E-state index in [2.05, 4.69) is 17.8 Å². The van der Waals surface area contributed by atoms with Gasteiger partial charge in [-0.25, -0.2) is 8.42 Å². The largest absolute Gasteiger partial charge is 0.342 e. The predicted octanol–water partition coefficient (Wildman–Crippen LogP) is 1.24. The Bertz CT molecular complexity index is 675. The van der Waals surface area contributed by atoms with Crippen LogP contribution < -0.4 is 0 Å². The minimum Gasteiger partial charge on any atom is -0.342 e. The zero-order valence-corrected chi connectivity index (χ0v) is 11.9. The molecule has 2 heterocycles. The highest BCUT2D eigenvalue weighted by Gasteiger charge is 2.53. The first-order chi connectivity index (χ1) is 9.52. The molecule has 0 atom stereocenters. The lowest BCUT2D eigenvalue weighted by Crippen LogP contribution is -2.64. The Balaban J connectivity index is 1.82. The fourth-order valence-corrected chi connectivity index (χ4v) is 4.65. The van der Waals surface area contributed by atoms with Crippen molar-refractivity contribution in [3.8, 4) is 6.07 Å². The highest BCUT2D eigenvalue weighted by Crippen LogP contribution is 2.40. The summed E-state index contributed by atoms with van der Waals surface area (Å²) in [4.78, 5) is 3.84. The Morgan fingerprint density at radius 1 is 1.50 bits per heavy atom. The minimum atomic E-state index is -3.15. The van der Waals surface area contributed by atoms with Crippen LogP contribution in [0.3, 0.4) is 0 Å². The topological polar surface area (TPSA) is 78.5 Å². The lowest BCUT2D eigenvalue weighted by Gasteiger charge is -2.49. The number of nitrogens with zero attached hydrogens (tertiary/aromatic N) is 4. The van der Waals surface area contributed by atoms with Crippen molar-refractivity contribution in [2.75, 3.05) is 13.1 Å². The van der Waals surface area contributed by atoms with Gasteiger partial charge in [0, 0.05) is 25.5 Å². The van der Waals surface area contributed by atoms with Crippen molar-refractivity contribution < 1.29 is 8.42 Å². The van der Waals surface area contributed by atoms with E-state index in [0.29, 0.717) is 13.1 Å². The lowest BCUT2D eigenvalue weighted by molar-refractivity contribution is 0.0848. The molecule has 1 aliphatic carbocycles. The molecule has 3 rings (SSSR count). The first kappa shape index (κ1) is 13.3. The second kappa shape index (κ2) is 4.43. The van der Waals surface area contributed by atoms with Gasteiger partial charge < -0.3 is 4.57 Å². The van der Waals surface area contributed by atoms with Gasteiger partial charge in [-0.2, -0.15) is 9.57 Å². The zero-order valence-electron chi connectivity index (χ0n) is 11.1. The molecule has 0 bridgehead atoms. The fraction of sp³-hybridized carbons (Fsp3) is 0.538. The Morgan fingerprint density at radius 3 is 2.70 bits per heavy atom. The van der Waals surface area contributed by atoms with Crippen LogP contribution in [0.1, 0.15) is 19.3 Å². The summed E-state index contributed by atoms with van der Waals surface area (Å²) in [5.74, 6) is 0. The summed E-state index contributed by atoms with van der Waals surface area (Å²) in [5.41, 5.74) is 0.269. The maximum Gasteiger partial charge on any atom is 0.217 e. The van der Waals surface area contributed by atoms with E-state index >= 15 is 0 Å². The number of rotatable bonds is 5. The Labute approximate surface area is 118 Å². The molecule has 1 aromatic rings. The predicted molar refractivity (Wildman–Crippen MR) is 75.4 cm³/mol. The van der Waals surface area contributed by atoms with Crippen LogP contribution in [-0.4, -0.2) is 42.3 Å². The molecule has 106 valence electrons. The fourth-order valence-electron chi connectivity index (χ4n) is 2.65. The Morgan fingerprint density at radius 2 is 2.20 bits per heavy atom. The van der Waals surface area contributed by atoms with Crippen molar-refractivity contribution in [1.29, 1.82) is 5.26 Å². The van der Waals surface area contributed by atoms with Crippen molar-refractivity contribution >= 4 is 22.4 Å². The van der Waals surface area contributed by atoms with Gasteiger partial charge in [0.05, 0.1) is 29.0 Å². The second-order valence-electron chi connectivity index (χ2n) is 5.51. The molecule has 1 aliphatic heterocycles. The SMILES string of the molecule is C=Nc1ccn(C2(CC#N)CN(S(=O)(=O)C3CC3)C2)c1. The molecule has 2 fully saturated rings. The van der Waals surface area contributed by atoms with Gasteiger partial charge >= 0.3 is 0 Å². The van der Waals surface area contributed by atoms with Crippen molar-refractivity contribution in [1.82, 2.24) is 8.87 Å². The molecular weight excluding hydrogens is 276 g/mol. The maximum absolute atomic E-state index is 12.2. The number of aromatic nitrogens is 1. The van der Waals surface area contributed by atoms with Gasteiger partial charge in [0.2, 0.25) is 10.0 Å². The van der Waals surface area contributed by atoms with Gasteiger partial charge in [-0.15, -0.1) is 0 Å². The average Bonchev–Trinajstić information content (AvgIpc) is 3.13. The van der Waals surface area contributed by atoms with Crippen molar-refractivity contribution in [2.45, 2.75) is 30.1 Å². The quantitative estimate of drug-likeness (QED) is 0.766. The number of sulfonamides is 1. The van der Waals surface area contributed by atoms with Crippen LogP contribution in [0, 0.1) is 11.3 Å². The van der Waals surface area contributed by atoms with Gasteiger partial charge in [-0.3, -0.25) is 4.99 Å². The molecule has 1 saturated heterocycles. The standard InChI is InChI=1S/C13H16N4O2S/c1-15-11-4-7-16(8-11)13(5-6-14)9-17(10-13)20(18,19)12-2-3-12/h4,7-8,12H,1-3,5,9-10H2. The molecule has 0 spiro atoms. The molecule has 0 amide bonds. The molecule has 1 saturated carbocycles. The number of aliphatic imine (C=N–C) groups is 1. The third-order valence-electron chi connectivity index (χ3n) is 4.06. The highest BCUT2D eigenvalue weighted by molar-refractivity contribution is 7.90. The van der Waals surface area contributed by atoms with Gasteiger partial charge in [0.25, 0.3) is 0 Å². The van der Waals surface area contributed by atoms with Crippen molar-refractivity contribution in [2.24, 2.45) is 4.99 Å². The van der Waals surface area contributed by atoms with E-state index in [9.17, 15) is 8.42 Å². The highest BCUT2D eigenvalue weighted by atomic mass is 32.2. The van der Waals surface area contributed by atoms with E-state index in [1.165, 1.54) is 4.31 Å². The minimum absolute atomic E-state index is 0.197. The lowest BCUT2D eigenvalue weighted by atomic mass is 9.89. The molecule has 0 aromatic carbocycles. The summed E-state index contributed by atoms with van der Waals surface area (Å²) < 4.78 is 27.7. The van der Waals surface area contributed by atoms with E-state index in [4.69, 9.17) is 5.26 Å². The molecule has 2 aliphatic rings. The van der Waals surface area contributed by atoms with Crippen LogP contribution in [0.4, 0.5) is 5.69 Å². The smallest absolute Gasteiger partial charge is 0.217 e. The first-order valence-corrected chi connectivity index (χ1v) is 8.03. The molecule has 0 radical (unpaired) electrons. The molecule has 20 heavy (non-hydrogen) atoms. The van der Waals surface area contributed by atoms with Crippen LogP contribution in [0.2, 0.25) is 0 Å². The maximum atomic E-state index is 12.2. The van der Waals surface area contributed by atoms with Crippen molar-refractivity contribution in [3.05, 3.63) is 18.5 Å². The summed E-state index contributed by atoms with van der Waals surface area (Å²) in [6.07, 6.45) is 5.46.